The zero-order valence-electron chi connectivity index (χ0n) is 8.12. The first-order valence-corrected chi connectivity index (χ1v) is 4.62. The minimum atomic E-state index is -1.90. The summed E-state index contributed by atoms with van der Waals surface area (Å²) in [4.78, 5) is 10.8. The van der Waals surface area contributed by atoms with E-state index >= 15 is 0 Å². The number of alkyl halides is 1. The summed E-state index contributed by atoms with van der Waals surface area (Å²) in [7, 11) is 0. The lowest BCUT2D eigenvalue weighted by Gasteiger charge is -2.13. The smallest absolute Gasteiger partial charge is 0.343 e. The Labute approximate surface area is 77.9 Å². The number of rotatable bonds is 6. The molecule has 2 atom stereocenters. The number of unbranched alkanes of at least 4 members (excludes halogenated alkanes) is 1. The maximum Gasteiger partial charge on any atom is 0.343 e. The van der Waals surface area contributed by atoms with E-state index in [4.69, 9.17) is 0 Å². The topological polar surface area (TPSA) is 46.5 Å². The Balaban J connectivity index is 3.79. The van der Waals surface area contributed by atoms with Crippen molar-refractivity contribution in [2.24, 2.45) is 0 Å². The molecule has 0 radical (unpaired) electrons. The van der Waals surface area contributed by atoms with Crippen molar-refractivity contribution >= 4 is 5.97 Å². The van der Waals surface area contributed by atoms with E-state index in [-0.39, 0.29) is 6.61 Å². The van der Waals surface area contributed by atoms with Crippen molar-refractivity contribution < 1.29 is 19.0 Å². The molecule has 0 aliphatic rings. The molecule has 13 heavy (non-hydrogen) atoms. The molecule has 0 heterocycles. The van der Waals surface area contributed by atoms with Gasteiger partial charge < -0.3 is 9.84 Å². The number of hydrogen-bond acceptors (Lipinski definition) is 3. The maximum absolute atomic E-state index is 13.0. The molecular formula is C9H17FO3. The van der Waals surface area contributed by atoms with Gasteiger partial charge in [-0.15, -0.1) is 0 Å². The molecule has 3 nitrogen and oxygen atoms in total. The second kappa shape index (κ2) is 6.83. The van der Waals surface area contributed by atoms with E-state index in [0.717, 1.165) is 6.42 Å². The fraction of sp³-hybridized carbons (Fsp3) is 0.889. The number of halogens is 1. The molecule has 0 aromatic rings. The second-order valence-electron chi connectivity index (χ2n) is 2.86. The first-order chi connectivity index (χ1) is 6.13. The highest BCUT2D eigenvalue weighted by Crippen LogP contribution is 2.09. The van der Waals surface area contributed by atoms with Gasteiger partial charge >= 0.3 is 5.97 Å². The SMILES string of the molecule is CCCCC(O)C(F)C(=O)OCC. The zero-order chi connectivity index (χ0) is 10.3. The minimum absolute atomic E-state index is 0.139. The van der Waals surface area contributed by atoms with Crippen molar-refractivity contribution in [3.63, 3.8) is 0 Å². The Morgan fingerprint density at radius 2 is 2.15 bits per heavy atom. The number of ether oxygens (including phenoxy) is 1. The molecule has 78 valence electrons. The quantitative estimate of drug-likeness (QED) is 0.648. The molecule has 4 heteroatoms. The number of carbonyl (C=O) groups is 1. The standard InChI is InChI=1S/C9H17FO3/c1-3-5-6-7(11)8(10)9(12)13-4-2/h7-8,11H,3-6H2,1-2H3. The molecule has 1 N–H and O–H groups in total. The maximum atomic E-state index is 13.0. The predicted molar refractivity (Wildman–Crippen MR) is 47.1 cm³/mol. The molecule has 0 aromatic heterocycles. The molecule has 0 spiro atoms. The average Bonchev–Trinajstić information content (AvgIpc) is 2.13. The predicted octanol–water partition coefficient (Wildman–Crippen LogP) is 1.44. The van der Waals surface area contributed by atoms with Crippen LogP contribution in [0.3, 0.4) is 0 Å². The summed E-state index contributed by atoms with van der Waals surface area (Å²) in [5, 5.41) is 9.17. The van der Waals surface area contributed by atoms with E-state index in [1.54, 1.807) is 6.92 Å². The second-order valence-corrected chi connectivity index (χ2v) is 2.86. The van der Waals surface area contributed by atoms with Crippen molar-refractivity contribution in [3.8, 4) is 0 Å². The number of carbonyl (C=O) groups excluding carboxylic acids is 1. The monoisotopic (exact) mass is 192 g/mol. The van der Waals surface area contributed by atoms with Crippen molar-refractivity contribution in [3.05, 3.63) is 0 Å². The first-order valence-electron chi connectivity index (χ1n) is 4.62. The third kappa shape index (κ3) is 4.83. The fourth-order valence-corrected chi connectivity index (χ4v) is 0.939. The highest BCUT2D eigenvalue weighted by atomic mass is 19.1. The molecule has 0 aliphatic heterocycles. The minimum Gasteiger partial charge on any atom is -0.464 e. The van der Waals surface area contributed by atoms with E-state index in [2.05, 4.69) is 4.74 Å². The third-order valence-electron chi connectivity index (χ3n) is 1.70. The van der Waals surface area contributed by atoms with Crippen LogP contribution in [0.25, 0.3) is 0 Å². The van der Waals surface area contributed by atoms with Crippen LogP contribution in [-0.2, 0) is 9.53 Å². The molecule has 0 rings (SSSR count). The molecule has 0 aromatic carbocycles. The molecule has 0 amide bonds. The van der Waals surface area contributed by atoms with Gasteiger partial charge in [-0.3, -0.25) is 0 Å². The van der Waals surface area contributed by atoms with Gasteiger partial charge in [-0.25, -0.2) is 9.18 Å². The molecule has 0 bridgehead atoms. The normalized spacial score (nSPS) is 15.1. The lowest BCUT2D eigenvalue weighted by atomic mass is 10.1. The number of hydrogen-bond donors (Lipinski definition) is 1. The van der Waals surface area contributed by atoms with Crippen molar-refractivity contribution in [2.45, 2.75) is 45.4 Å². The Kier molecular flexibility index (Phi) is 6.49. The van der Waals surface area contributed by atoms with Crippen molar-refractivity contribution in [1.82, 2.24) is 0 Å². The average molecular weight is 192 g/mol. The van der Waals surface area contributed by atoms with Crippen molar-refractivity contribution in [1.29, 1.82) is 0 Å². The largest absolute Gasteiger partial charge is 0.464 e. The van der Waals surface area contributed by atoms with Crippen LogP contribution in [0.2, 0.25) is 0 Å². The van der Waals surface area contributed by atoms with Gasteiger partial charge in [0.05, 0.1) is 12.7 Å². The van der Waals surface area contributed by atoms with Crippen LogP contribution in [-0.4, -0.2) is 30.0 Å². The summed E-state index contributed by atoms with van der Waals surface area (Å²) >= 11 is 0. The molecular weight excluding hydrogens is 175 g/mol. The Morgan fingerprint density at radius 3 is 2.62 bits per heavy atom. The first kappa shape index (κ1) is 12.4. The zero-order valence-corrected chi connectivity index (χ0v) is 8.12. The summed E-state index contributed by atoms with van der Waals surface area (Å²) in [5.74, 6) is -0.967. The molecule has 0 aliphatic carbocycles. The summed E-state index contributed by atoms with van der Waals surface area (Å²) in [6.07, 6.45) is -1.24. The number of esters is 1. The van der Waals surface area contributed by atoms with Gasteiger partial charge in [-0.1, -0.05) is 19.8 Å². The Bertz CT molecular complexity index is 150. The lowest BCUT2D eigenvalue weighted by Crippen LogP contribution is -2.31. The third-order valence-corrected chi connectivity index (χ3v) is 1.70. The van der Waals surface area contributed by atoms with Crippen LogP contribution in [0, 0.1) is 0 Å². The highest BCUT2D eigenvalue weighted by molar-refractivity contribution is 5.75. The highest BCUT2D eigenvalue weighted by Gasteiger charge is 2.26. The Hall–Kier alpha value is -0.640. The summed E-state index contributed by atoms with van der Waals surface area (Å²) in [6, 6.07) is 0. The van der Waals surface area contributed by atoms with Crippen LogP contribution < -0.4 is 0 Å². The number of aliphatic hydroxyl groups excluding tert-OH is 1. The number of aliphatic hydroxyl groups is 1. The van der Waals surface area contributed by atoms with Crippen LogP contribution in [0.1, 0.15) is 33.1 Å². The lowest BCUT2D eigenvalue weighted by molar-refractivity contribution is -0.153. The molecule has 0 saturated heterocycles. The van der Waals surface area contributed by atoms with Gasteiger partial charge in [0.2, 0.25) is 6.17 Å². The van der Waals surface area contributed by atoms with E-state index in [1.165, 1.54) is 0 Å². The van der Waals surface area contributed by atoms with Gasteiger partial charge in [-0.2, -0.15) is 0 Å². The van der Waals surface area contributed by atoms with E-state index in [1.807, 2.05) is 6.92 Å². The summed E-state index contributed by atoms with van der Waals surface area (Å²) in [6.45, 7) is 3.67. The van der Waals surface area contributed by atoms with E-state index in [0.29, 0.717) is 12.8 Å². The van der Waals surface area contributed by atoms with Gasteiger partial charge in [-0.05, 0) is 13.3 Å². The van der Waals surface area contributed by atoms with Crippen LogP contribution in [0.15, 0.2) is 0 Å². The van der Waals surface area contributed by atoms with Gasteiger partial charge in [0.15, 0.2) is 0 Å². The van der Waals surface area contributed by atoms with Gasteiger partial charge in [0.1, 0.15) is 0 Å². The molecule has 2 unspecified atom stereocenters. The fourth-order valence-electron chi connectivity index (χ4n) is 0.939. The molecule has 0 saturated carbocycles. The van der Waals surface area contributed by atoms with Gasteiger partial charge in [0, 0.05) is 0 Å². The summed E-state index contributed by atoms with van der Waals surface area (Å²) < 4.78 is 17.4. The van der Waals surface area contributed by atoms with Crippen LogP contribution in [0.4, 0.5) is 4.39 Å². The van der Waals surface area contributed by atoms with Gasteiger partial charge in [0.25, 0.3) is 0 Å². The van der Waals surface area contributed by atoms with Crippen molar-refractivity contribution in [2.75, 3.05) is 6.61 Å². The summed E-state index contributed by atoms with van der Waals surface area (Å²) in [5.41, 5.74) is 0. The Morgan fingerprint density at radius 1 is 1.54 bits per heavy atom. The van der Waals surface area contributed by atoms with Crippen LogP contribution in [0.5, 0.6) is 0 Å². The van der Waals surface area contributed by atoms with Crippen LogP contribution >= 0.6 is 0 Å². The molecule has 0 fully saturated rings. The van der Waals surface area contributed by atoms with E-state index in [9.17, 15) is 14.3 Å². The van der Waals surface area contributed by atoms with E-state index < -0.39 is 18.2 Å².